The highest BCUT2D eigenvalue weighted by molar-refractivity contribution is 5.52. The first-order valence-electron chi connectivity index (χ1n) is 8.46. The SMILES string of the molecule is CCCCN(c1cc(OC(F)(F)F)c(C#N)cn1)C(C)c1cccc(O)c1. The average molecular weight is 379 g/mol. The Labute approximate surface area is 155 Å². The number of nitrogens with zero attached hydrogens (tertiary/aromatic N) is 3. The number of aromatic hydroxyl groups is 1. The Kier molecular flexibility index (Phi) is 6.50. The van der Waals surface area contributed by atoms with Crippen molar-refractivity contribution in [2.75, 3.05) is 11.4 Å². The molecule has 0 spiro atoms. The van der Waals surface area contributed by atoms with E-state index in [-0.39, 0.29) is 23.2 Å². The zero-order chi connectivity index (χ0) is 20.0. The summed E-state index contributed by atoms with van der Waals surface area (Å²) >= 11 is 0. The summed E-state index contributed by atoms with van der Waals surface area (Å²) in [6, 6.07) is 9.18. The normalized spacial score (nSPS) is 12.3. The predicted octanol–water partition coefficient (Wildman–Crippen LogP) is 4.93. The van der Waals surface area contributed by atoms with E-state index in [9.17, 15) is 18.3 Å². The molecular formula is C19H20F3N3O2. The molecule has 0 aliphatic heterocycles. The highest BCUT2D eigenvalue weighted by Crippen LogP contribution is 2.33. The number of hydrogen-bond donors (Lipinski definition) is 1. The molecule has 1 heterocycles. The van der Waals surface area contributed by atoms with Gasteiger partial charge in [0.05, 0.1) is 12.2 Å². The molecular weight excluding hydrogens is 359 g/mol. The summed E-state index contributed by atoms with van der Waals surface area (Å²) in [5, 5.41) is 18.7. The number of phenols is 1. The summed E-state index contributed by atoms with van der Waals surface area (Å²) in [5.74, 6) is -0.221. The molecule has 0 amide bonds. The van der Waals surface area contributed by atoms with Gasteiger partial charge in [-0.25, -0.2) is 4.98 Å². The molecule has 0 aliphatic carbocycles. The first-order chi connectivity index (χ1) is 12.7. The number of benzene rings is 1. The van der Waals surface area contributed by atoms with Gasteiger partial charge in [-0.1, -0.05) is 25.5 Å². The largest absolute Gasteiger partial charge is 0.573 e. The maximum absolute atomic E-state index is 12.7. The molecule has 144 valence electrons. The lowest BCUT2D eigenvalue weighted by atomic mass is 10.1. The summed E-state index contributed by atoms with van der Waals surface area (Å²) in [5.41, 5.74) is 0.493. The summed E-state index contributed by atoms with van der Waals surface area (Å²) < 4.78 is 42.0. The molecule has 0 radical (unpaired) electrons. The van der Waals surface area contributed by atoms with Crippen LogP contribution < -0.4 is 9.64 Å². The van der Waals surface area contributed by atoms with E-state index in [2.05, 4.69) is 9.72 Å². The van der Waals surface area contributed by atoms with Crippen LogP contribution in [0, 0.1) is 11.3 Å². The summed E-state index contributed by atoms with van der Waals surface area (Å²) in [4.78, 5) is 5.98. The van der Waals surface area contributed by atoms with E-state index in [0.29, 0.717) is 6.54 Å². The van der Waals surface area contributed by atoms with Crippen LogP contribution in [-0.2, 0) is 0 Å². The monoisotopic (exact) mass is 379 g/mol. The second-order valence-electron chi connectivity index (χ2n) is 6.02. The van der Waals surface area contributed by atoms with Crippen LogP contribution in [0.25, 0.3) is 0 Å². The fraction of sp³-hybridized carbons (Fsp3) is 0.368. The molecule has 1 N–H and O–H groups in total. The second-order valence-corrected chi connectivity index (χ2v) is 6.02. The van der Waals surface area contributed by atoms with Gasteiger partial charge in [0.25, 0.3) is 0 Å². The molecule has 0 bridgehead atoms. The minimum Gasteiger partial charge on any atom is -0.508 e. The number of unbranched alkanes of at least 4 members (excludes halogenated alkanes) is 1. The van der Waals surface area contributed by atoms with E-state index < -0.39 is 12.1 Å². The van der Waals surface area contributed by atoms with Crippen LogP contribution in [-0.4, -0.2) is 23.0 Å². The van der Waals surface area contributed by atoms with Crippen molar-refractivity contribution in [2.24, 2.45) is 0 Å². The van der Waals surface area contributed by atoms with Gasteiger partial charge in [0.1, 0.15) is 23.2 Å². The minimum absolute atomic E-state index is 0.101. The first kappa shape index (κ1) is 20.4. The van der Waals surface area contributed by atoms with Gasteiger partial charge in [0, 0.05) is 12.6 Å². The molecule has 1 aromatic carbocycles. The van der Waals surface area contributed by atoms with Crippen LogP contribution in [0.1, 0.15) is 43.9 Å². The van der Waals surface area contributed by atoms with Gasteiger partial charge in [-0.05, 0) is 31.0 Å². The van der Waals surface area contributed by atoms with Gasteiger partial charge in [0.2, 0.25) is 0 Å². The quantitative estimate of drug-likeness (QED) is 0.739. The molecule has 5 nitrogen and oxygen atoms in total. The lowest BCUT2D eigenvalue weighted by Gasteiger charge is -2.31. The summed E-state index contributed by atoms with van der Waals surface area (Å²) in [7, 11) is 0. The van der Waals surface area contributed by atoms with E-state index in [1.54, 1.807) is 24.3 Å². The Bertz CT molecular complexity index is 819. The van der Waals surface area contributed by atoms with Crippen LogP contribution in [0.5, 0.6) is 11.5 Å². The standard InChI is InChI=1S/C19H20F3N3O2/c1-3-4-8-25(13(2)14-6-5-7-16(26)9-14)18-10-17(27-19(20,21)22)15(11-23)12-24-18/h5-7,9-10,12-13,26H,3-4,8H2,1-2H3. The maximum atomic E-state index is 12.7. The molecule has 2 aromatic rings. The van der Waals surface area contributed by atoms with Crippen LogP contribution in [0.15, 0.2) is 36.5 Å². The number of nitriles is 1. The summed E-state index contributed by atoms with van der Waals surface area (Å²) in [6.45, 7) is 4.41. The van der Waals surface area contributed by atoms with Crippen LogP contribution >= 0.6 is 0 Å². The zero-order valence-electron chi connectivity index (χ0n) is 15.0. The van der Waals surface area contributed by atoms with Crippen molar-refractivity contribution < 1.29 is 23.0 Å². The fourth-order valence-electron chi connectivity index (χ4n) is 2.68. The number of rotatable bonds is 7. The van der Waals surface area contributed by atoms with E-state index in [1.165, 1.54) is 0 Å². The Morgan fingerprint density at radius 1 is 1.33 bits per heavy atom. The molecule has 2 rings (SSSR count). The molecule has 0 saturated heterocycles. The first-order valence-corrected chi connectivity index (χ1v) is 8.46. The van der Waals surface area contributed by atoms with Crippen molar-refractivity contribution >= 4 is 5.82 Å². The number of aromatic nitrogens is 1. The van der Waals surface area contributed by atoms with Gasteiger partial charge < -0.3 is 14.7 Å². The highest BCUT2D eigenvalue weighted by atomic mass is 19.4. The predicted molar refractivity (Wildman–Crippen MR) is 94.4 cm³/mol. The third-order valence-corrected chi connectivity index (χ3v) is 4.06. The molecule has 0 saturated carbocycles. The lowest BCUT2D eigenvalue weighted by Crippen LogP contribution is -2.29. The number of anilines is 1. The van der Waals surface area contributed by atoms with Gasteiger partial charge in [0.15, 0.2) is 5.75 Å². The number of pyridine rings is 1. The van der Waals surface area contributed by atoms with Crippen molar-refractivity contribution in [1.29, 1.82) is 5.26 Å². The van der Waals surface area contributed by atoms with Crippen molar-refractivity contribution in [3.8, 4) is 17.6 Å². The summed E-state index contributed by atoms with van der Waals surface area (Å²) in [6.07, 6.45) is -2.16. The topological polar surface area (TPSA) is 69.4 Å². The number of alkyl halides is 3. The van der Waals surface area contributed by atoms with E-state index in [4.69, 9.17) is 5.26 Å². The Morgan fingerprint density at radius 2 is 2.07 bits per heavy atom. The molecule has 1 atom stereocenters. The third kappa shape index (κ3) is 5.51. The molecule has 27 heavy (non-hydrogen) atoms. The Morgan fingerprint density at radius 3 is 2.67 bits per heavy atom. The Balaban J connectivity index is 2.44. The van der Waals surface area contributed by atoms with Crippen LogP contribution in [0.2, 0.25) is 0 Å². The zero-order valence-corrected chi connectivity index (χ0v) is 15.0. The van der Waals surface area contributed by atoms with Gasteiger partial charge in [-0.15, -0.1) is 13.2 Å². The van der Waals surface area contributed by atoms with Crippen LogP contribution in [0.3, 0.4) is 0 Å². The van der Waals surface area contributed by atoms with Crippen LogP contribution in [0.4, 0.5) is 19.0 Å². The smallest absolute Gasteiger partial charge is 0.508 e. The van der Waals surface area contributed by atoms with Gasteiger partial charge >= 0.3 is 6.36 Å². The maximum Gasteiger partial charge on any atom is 0.573 e. The average Bonchev–Trinajstić information content (AvgIpc) is 2.60. The van der Waals surface area contributed by atoms with Crippen molar-refractivity contribution in [3.05, 3.63) is 47.7 Å². The number of halogens is 3. The van der Waals surface area contributed by atoms with E-state index in [0.717, 1.165) is 30.7 Å². The molecule has 1 aromatic heterocycles. The number of hydrogen-bond acceptors (Lipinski definition) is 5. The van der Waals surface area contributed by atoms with Crippen molar-refractivity contribution in [2.45, 2.75) is 39.1 Å². The van der Waals surface area contributed by atoms with E-state index >= 15 is 0 Å². The molecule has 0 aliphatic rings. The molecule has 0 fully saturated rings. The van der Waals surface area contributed by atoms with Gasteiger partial charge in [-0.3, -0.25) is 0 Å². The number of phenolic OH excluding ortho intramolecular Hbond substituents is 1. The van der Waals surface area contributed by atoms with Crippen molar-refractivity contribution in [1.82, 2.24) is 4.98 Å². The Hall–Kier alpha value is -2.95. The number of ether oxygens (including phenoxy) is 1. The van der Waals surface area contributed by atoms with E-state index in [1.807, 2.05) is 24.8 Å². The lowest BCUT2D eigenvalue weighted by molar-refractivity contribution is -0.274. The minimum atomic E-state index is -4.91. The second kappa shape index (κ2) is 8.62. The molecule has 8 heteroatoms. The third-order valence-electron chi connectivity index (χ3n) is 4.06. The van der Waals surface area contributed by atoms with Gasteiger partial charge in [-0.2, -0.15) is 5.26 Å². The van der Waals surface area contributed by atoms with Crippen molar-refractivity contribution in [3.63, 3.8) is 0 Å². The fourth-order valence-corrected chi connectivity index (χ4v) is 2.68. The molecule has 1 unspecified atom stereocenters. The highest BCUT2D eigenvalue weighted by Gasteiger charge is 2.33.